The average Bonchev–Trinajstić information content (AvgIpc) is 2.63. The van der Waals surface area contributed by atoms with E-state index in [-0.39, 0.29) is 24.3 Å². The van der Waals surface area contributed by atoms with Gasteiger partial charge in [-0.3, -0.25) is 9.59 Å². The number of nitrogens with one attached hydrogen (secondary N) is 1. The van der Waals surface area contributed by atoms with Crippen LogP contribution in [0.5, 0.6) is 0 Å². The third-order valence-corrected chi connectivity index (χ3v) is 4.68. The molecule has 4 nitrogen and oxygen atoms in total. The maximum Gasteiger partial charge on any atom is 0.243 e. The van der Waals surface area contributed by atoms with Gasteiger partial charge in [0.15, 0.2) is 0 Å². The van der Waals surface area contributed by atoms with Crippen LogP contribution in [0.15, 0.2) is 54.6 Å². The molecule has 0 aliphatic rings. The van der Waals surface area contributed by atoms with Crippen molar-refractivity contribution in [3.05, 3.63) is 70.7 Å². The molecule has 2 rings (SSSR count). The molecule has 0 unspecified atom stereocenters. The minimum absolute atomic E-state index is 0.0174. The molecule has 2 aromatic rings. The molecule has 0 saturated carbocycles. The number of carbonyl (C=O) groups excluding carboxylic acids is 2. The molecular weight excluding hydrogens is 360 g/mol. The van der Waals surface area contributed by atoms with E-state index in [0.717, 1.165) is 11.1 Å². The fourth-order valence-electron chi connectivity index (χ4n) is 2.99. The second-order valence-corrected chi connectivity index (χ2v) is 7.27. The number of nitrogens with zero attached hydrogens (tertiary/aromatic N) is 1. The lowest BCUT2D eigenvalue weighted by Gasteiger charge is -2.31. The fourth-order valence-corrected chi connectivity index (χ4v) is 3.19. The summed E-state index contributed by atoms with van der Waals surface area (Å²) >= 11 is 6.23. The highest BCUT2D eigenvalue weighted by atomic mass is 35.5. The molecule has 2 aromatic carbocycles. The molecule has 0 radical (unpaired) electrons. The Morgan fingerprint density at radius 1 is 1.04 bits per heavy atom. The Bertz CT molecular complexity index is 762. The maximum absolute atomic E-state index is 13.1. The van der Waals surface area contributed by atoms with Gasteiger partial charge in [-0.25, -0.2) is 0 Å². The smallest absolute Gasteiger partial charge is 0.243 e. The minimum atomic E-state index is -0.525. The molecule has 0 spiro atoms. The summed E-state index contributed by atoms with van der Waals surface area (Å²) < 4.78 is 0. The zero-order valence-corrected chi connectivity index (χ0v) is 16.9. The summed E-state index contributed by atoms with van der Waals surface area (Å²) in [5.74, 6) is -0.242. The number of amides is 2. The van der Waals surface area contributed by atoms with Gasteiger partial charge in [-0.2, -0.15) is 0 Å². The standard InChI is InChI=1S/C22H27ClN2O2/c1-4-20(22(27)24-16(2)3)25(15-17-10-6-5-7-11-17)21(26)14-18-12-8-9-13-19(18)23/h5-13,16,20H,4,14-15H2,1-3H3,(H,24,27)/t20-/m1/s1. The van der Waals surface area contributed by atoms with E-state index in [1.807, 2.05) is 69.3 Å². The molecule has 0 heterocycles. The third kappa shape index (κ3) is 6.10. The van der Waals surface area contributed by atoms with Crippen molar-refractivity contribution in [2.45, 2.75) is 52.2 Å². The quantitative estimate of drug-likeness (QED) is 0.738. The van der Waals surface area contributed by atoms with E-state index in [1.54, 1.807) is 11.0 Å². The summed E-state index contributed by atoms with van der Waals surface area (Å²) in [5.41, 5.74) is 1.75. The second-order valence-electron chi connectivity index (χ2n) is 6.86. The maximum atomic E-state index is 13.1. The molecule has 0 saturated heterocycles. The number of hydrogen-bond donors (Lipinski definition) is 1. The highest BCUT2D eigenvalue weighted by molar-refractivity contribution is 6.31. The van der Waals surface area contributed by atoms with Crippen molar-refractivity contribution in [1.29, 1.82) is 0 Å². The van der Waals surface area contributed by atoms with E-state index >= 15 is 0 Å². The van der Waals surface area contributed by atoms with Crippen LogP contribution < -0.4 is 5.32 Å². The van der Waals surface area contributed by atoms with Gasteiger partial charge in [0.05, 0.1) is 6.42 Å². The first-order valence-electron chi connectivity index (χ1n) is 9.29. The third-order valence-electron chi connectivity index (χ3n) is 4.31. The van der Waals surface area contributed by atoms with Crippen LogP contribution in [0.3, 0.4) is 0 Å². The van der Waals surface area contributed by atoms with Crippen LogP contribution >= 0.6 is 11.6 Å². The topological polar surface area (TPSA) is 49.4 Å². The van der Waals surface area contributed by atoms with E-state index < -0.39 is 6.04 Å². The van der Waals surface area contributed by atoms with Gasteiger partial charge in [-0.15, -0.1) is 0 Å². The lowest BCUT2D eigenvalue weighted by Crippen LogP contribution is -2.50. The first-order chi connectivity index (χ1) is 12.9. The van der Waals surface area contributed by atoms with Gasteiger partial charge in [0.25, 0.3) is 0 Å². The first kappa shape index (κ1) is 21.0. The van der Waals surface area contributed by atoms with E-state index in [4.69, 9.17) is 11.6 Å². The van der Waals surface area contributed by atoms with Crippen LogP contribution in [0.1, 0.15) is 38.3 Å². The summed E-state index contributed by atoms with van der Waals surface area (Å²) in [7, 11) is 0. The lowest BCUT2D eigenvalue weighted by molar-refractivity contribution is -0.141. The van der Waals surface area contributed by atoms with Crippen molar-refractivity contribution in [1.82, 2.24) is 10.2 Å². The Morgan fingerprint density at radius 3 is 2.26 bits per heavy atom. The number of halogens is 1. The van der Waals surface area contributed by atoms with Crippen molar-refractivity contribution >= 4 is 23.4 Å². The Morgan fingerprint density at radius 2 is 1.67 bits per heavy atom. The predicted octanol–water partition coefficient (Wildman–Crippen LogP) is 4.21. The summed E-state index contributed by atoms with van der Waals surface area (Å²) in [5, 5.41) is 3.49. The van der Waals surface area contributed by atoms with Crippen molar-refractivity contribution in [3.63, 3.8) is 0 Å². The van der Waals surface area contributed by atoms with Gasteiger partial charge < -0.3 is 10.2 Å². The number of hydrogen-bond acceptors (Lipinski definition) is 2. The monoisotopic (exact) mass is 386 g/mol. The fraction of sp³-hybridized carbons (Fsp3) is 0.364. The zero-order valence-electron chi connectivity index (χ0n) is 16.1. The van der Waals surface area contributed by atoms with E-state index in [2.05, 4.69) is 5.32 Å². The minimum Gasteiger partial charge on any atom is -0.352 e. The molecule has 0 aliphatic heterocycles. The van der Waals surface area contributed by atoms with Gasteiger partial charge in [-0.05, 0) is 37.5 Å². The highest BCUT2D eigenvalue weighted by Gasteiger charge is 2.29. The van der Waals surface area contributed by atoms with E-state index in [0.29, 0.717) is 18.0 Å². The number of carbonyl (C=O) groups is 2. The summed E-state index contributed by atoms with van der Waals surface area (Å²) in [4.78, 5) is 27.5. The number of rotatable bonds is 8. The molecule has 1 atom stereocenters. The molecule has 0 aliphatic carbocycles. The molecule has 0 aromatic heterocycles. The Hall–Kier alpha value is -2.33. The predicted molar refractivity (Wildman–Crippen MR) is 110 cm³/mol. The highest BCUT2D eigenvalue weighted by Crippen LogP contribution is 2.19. The summed E-state index contributed by atoms with van der Waals surface area (Å²) in [6, 6.07) is 16.5. The van der Waals surface area contributed by atoms with Gasteiger partial charge in [0, 0.05) is 17.6 Å². The van der Waals surface area contributed by atoms with Crippen LogP contribution in [0.25, 0.3) is 0 Å². The van der Waals surface area contributed by atoms with Gasteiger partial charge >= 0.3 is 0 Å². The normalized spacial score (nSPS) is 11.9. The van der Waals surface area contributed by atoms with Gasteiger partial charge in [-0.1, -0.05) is 67.1 Å². The van der Waals surface area contributed by atoms with Crippen molar-refractivity contribution in [2.75, 3.05) is 0 Å². The average molecular weight is 387 g/mol. The van der Waals surface area contributed by atoms with Crippen LogP contribution in [-0.2, 0) is 22.6 Å². The van der Waals surface area contributed by atoms with Crippen LogP contribution in [0.2, 0.25) is 5.02 Å². The number of benzene rings is 2. The molecule has 0 fully saturated rings. The van der Waals surface area contributed by atoms with Crippen LogP contribution in [0.4, 0.5) is 0 Å². The van der Waals surface area contributed by atoms with Crippen LogP contribution in [-0.4, -0.2) is 28.8 Å². The molecular formula is C22H27ClN2O2. The molecule has 27 heavy (non-hydrogen) atoms. The molecule has 5 heteroatoms. The van der Waals surface area contributed by atoms with Crippen molar-refractivity contribution in [3.8, 4) is 0 Å². The van der Waals surface area contributed by atoms with E-state index in [1.165, 1.54) is 0 Å². The Labute approximate surface area is 166 Å². The molecule has 2 amide bonds. The van der Waals surface area contributed by atoms with Crippen LogP contribution in [0, 0.1) is 0 Å². The largest absolute Gasteiger partial charge is 0.352 e. The summed E-state index contributed by atoms with van der Waals surface area (Å²) in [6.45, 7) is 6.13. The van der Waals surface area contributed by atoms with Gasteiger partial charge in [0.1, 0.15) is 6.04 Å². The van der Waals surface area contributed by atoms with Crippen molar-refractivity contribution in [2.24, 2.45) is 0 Å². The van der Waals surface area contributed by atoms with Gasteiger partial charge in [0.2, 0.25) is 11.8 Å². The Kier molecular flexibility index (Phi) is 7.86. The first-order valence-corrected chi connectivity index (χ1v) is 9.67. The van der Waals surface area contributed by atoms with E-state index in [9.17, 15) is 9.59 Å². The zero-order chi connectivity index (χ0) is 19.8. The second kappa shape index (κ2) is 10.1. The summed E-state index contributed by atoms with van der Waals surface area (Å²) in [6.07, 6.45) is 0.706. The molecule has 1 N–H and O–H groups in total. The SMILES string of the molecule is CC[C@H](C(=O)NC(C)C)N(Cc1ccccc1)C(=O)Cc1ccccc1Cl. The molecule has 0 bridgehead atoms. The lowest BCUT2D eigenvalue weighted by atomic mass is 10.1. The Balaban J connectivity index is 2.28. The van der Waals surface area contributed by atoms with Crippen molar-refractivity contribution < 1.29 is 9.59 Å². The molecule has 144 valence electrons.